The highest BCUT2D eigenvalue weighted by molar-refractivity contribution is 7.92. The third-order valence-corrected chi connectivity index (χ3v) is 6.36. The van der Waals surface area contributed by atoms with Gasteiger partial charge in [0.2, 0.25) is 21.8 Å². The van der Waals surface area contributed by atoms with Gasteiger partial charge in [0.1, 0.15) is 12.6 Å². The third kappa shape index (κ3) is 7.12. The van der Waals surface area contributed by atoms with Crippen LogP contribution in [0, 0.1) is 0 Å². The molecule has 0 aliphatic carbocycles. The fourth-order valence-corrected chi connectivity index (χ4v) is 4.30. The molecule has 0 bridgehead atoms. The Morgan fingerprint density at radius 3 is 2.12 bits per heavy atom. The molecule has 0 aliphatic rings. The number of carbonyl (C=O) groups excluding carboxylic acids is 2. The van der Waals surface area contributed by atoms with Crippen LogP contribution >= 0.6 is 23.2 Å². The van der Waals surface area contributed by atoms with Crippen LogP contribution in [0.25, 0.3) is 0 Å². The second-order valence-corrected chi connectivity index (χ2v) is 10.5. The van der Waals surface area contributed by atoms with E-state index in [0.717, 1.165) is 16.1 Å². The Balaban J connectivity index is 2.39. The van der Waals surface area contributed by atoms with Crippen molar-refractivity contribution in [3.05, 3.63) is 64.1 Å². The highest BCUT2D eigenvalue weighted by atomic mass is 35.5. The first-order valence-corrected chi connectivity index (χ1v) is 12.6. The van der Waals surface area contributed by atoms with Crippen LogP contribution in [0.2, 0.25) is 10.0 Å². The van der Waals surface area contributed by atoms with Crippen LogP contribution < -0.4 is 9.62 Å². The van der Waals surface area contributed by atoms with E-state index in [2.05, 4.69) is 5.32 Å². The monoisotopic (exact) mass is 499 g/mol. The molecule has 2 aromatic rings. The minimum absolute atomic E-state index is 0.100. The first kappa shape index (κ1) is 26.0. The Morgan fingerprint density at radius 1 is 1.00 bits per heavy atom. The summed E-state index contributed by atoms with van der Waals surface area (Å²) < 4.78 is 25.9. The van der Waals surface area contributed by atoms with Gasteiger partial charge in [-0.25, -0.2) is 8.42 Å². The Hall–Kier alpha value is -2.29. The summed E-state index contributed by atoms with van der Waals surface area (Å²) >= 11 is 12.1. The molecule has 0 radical (unpaired) electrons. The summed E-state index contributed by atoms with van der Waals surface area (Å²) in [5, 5.41) is 3.53. The highest BCUT2D eigenvalue weighted by Crippen LogP contribution is 2.27. The zero-order valence-corrected chi connectivity index (χ0v) is 20.7. The quantitative estimate of drug-likeness (QED) is 0.569. The zero-order chi connectivity index (χ0) is 24.1. The van der Waals surface area contributed by atoms with E-state index in [0.29, 0.717) is 5.02 Å². The minimum Gasteiger partial charge on any atom is -0.352 e. The van der Waals surface area contributed by atoms with Gasteiger partial charge in [0, 0.05) is 17.6 Å². The van der Waals surface area contributed by atoms with Crippen molar-refractivity contribution in [1.82, 2.24) is 10.2 Å². The molecular weight excluding hydrogens is 473 g/mol. The maximum Gasteiger partial charge on any atom is 0.244 e. The number of sulfonamides is 1. The van der Waals surface area contributed by atoms with Gasteiger partial charge in [-0.1, -0.05) is 47.5 Å². The number of amides is 2. The molecule has 0 fully saturated rings. The van der Waals surface area contributed by atoms with Crippen molar-refractivity contribution in [1.29, 1.82) is 0 Å². The minimum atomic E-state index is -3.83. The number of para-hydroxylation sites is 1. The van der Waals surface area contributed by atoms with Crippen molar-refractivity contribution >= 4 is 50.7 Å². The van der Waals surface area contributed by atoms with E-state index in [1.54, 1.807) is 49.4 Å². The van der Waals surface area contributed by atoms with Gasteiger partial charge in [-0.3, -0.25) is 13.9 Å². The molecule has 7 nitrogen and oxygen atoms in total. The standard InChI is InChI=1S/C22H27Cl2N3O4S/c1-15(2)25-22(29)16(3)26(13-17-9-11-18(23)12-10-17)21(28)14-27(32(4,30)31)20-8-6-5-7-19(20)24/h5-12,15-16H,13-14H2,1-4H3,(H,25,29)/t16-/m1/s1. The van der Waals surface area contributed by atoms with Gasteiger partial charge in [-0.2, -0.15) is 0 Å². The number of halogens is 2. The van der Waals surface area contributed by atoms with E-state index in [9.17, 15) is 18.0 Å². The fourth-order valence-electron chi connectivity index (χ4n) is 3.02. The summed E-state index contributed by atoms with van der Waals surface area (Å²) in [4.78, 5) is 27.4. The molecule has 2 amide bonds. The van der Waals surface area contributed by atoms with E-state index in [4.69, 9.17) is 23.2 Å². The van der Waals surface area contributed by atoms with Gasteiger partial charge in [-0.15, -0.1) is 0 Å². The fraction of sp³-hybridized carbons (Fsp3) is 0.364. The maximum absolute atomic E-state index is 13.4. The lowest BCUT2D eigenvalue weighted by Crippen LogP contribution is -2.52. The van der Waals surface area contributed by atoms with E-state index in [1.165, 1.54) is 11.0 Å². The van der Waals surface area contributed by atoms with E-state index >= 15 is 0 Å². The summed E-state index contributed by atoms with van der Waals surface area (Å²) in [5.74, 6) is -0.886. The predicted molar refractivity (Wildman–Crippen MR) is 128 cm³/mol. The van der Waals surface area contributed by atoms with Gasteiger partial charge >= 0.3 is 0 Å². The summed E-state index contributed by atoms with van der Waals surface area (Å²) in [7, 11) is -3.83. The molecule has 0 heterocycles. The molecule has 0 saturated heterocycles. The Labute approximate surface area is 199 Å². The Kier molecular flexibility index (Phi) is 8.95. The van der Waals surface area contributed by atoms with Crippen LogP contribution in [0.5, 0.6) is 0 Å². The van der Waals surface area contributed by atoms with Crippen molar-refractivity contribution < 1.29 is 18.0 Å². The molecule has 1 atom stereocenters. The number of anilines is 1. The molecule has 2 aromatic carbocycles. The van der Waals surface area contributed by atoms with E-state index in [-0.39, 0.29) is 29.2 Å². The zero-order valence-electron chi connectivity index (χ0n) is 18.4. The normalized spacial score (nSPS) is 12.3. The molecule has 0 unspecified atom stereocenters. The SMILES string of the molecule is CC(C)NC(=O)[C@@H](C)N(Cc1ccc(Cl)cc1)C(=O)CN(c1ccccc1Cl)S(C)(=O)=O. The molecule has 2 rings (SSSR count). The average Bonchev–Trinajstić information content (AvgIpc) is 2.70. The summed E-state index contributed by atoms with van der Waals surface area (Å²) in [5.41, 5.74) is 0.936. The van der Waals surface area contributed by atoms with Crippen LogP contribution in [0.3, 0.4) is 0 Å². The molecule has 0 aliphatic heterocycles. The van der Waals surface area contributed by atoms with Crippen molar-refractivity contribution in [2.24, 2.45) is 0 Å². The molecule has 0 spiro atoms. The second-order valence-electron chi connectivity index (χ2n) is 7.71. The molecule has 1 N–H and O–H groups in total. The third-order valence-electron chi connectivity index (χ3n) is 4.66. The van der Waals surface area contributed by atoms with Crippen molar-refractivity contribution in [3.8, 4) is 0 Å². The summed E-state index contributed by atoms with van der Waals surface area (Å²) in [6.45, 7) is 4.83. The lowest BCUT2D eigenvalue weighted by Gasteiger charge is -2.32. The number of benzene rings is 2. The van der Waals surface area contributed by atoms with Gasteiger partial charge in [-0.05, 0) is 50.6 Å². The van der Waals surface area contributed by atoms with Crippen LogP contribution in [-0.2, 0) is 26.2 Å². The molecule has 174 valence electrons. The number of nitrogens with one attached hydrogen (secondary N) is 1. The maximum atomic E-state index is 13.4. The highest BCUT2D eigenvalue weighted by Gasteiger charge is 2.30. The van der Waals surface area contributed by atoms with Gasteiger partial charge in [0.05, 0.1) is 17.0 Å². The molecule has 32 heavy (non-hydrogen) atoms. The lowest BCUT2D eigenvalue weighted by molar-refractivity contribution is -0.139. The number of hydrogen-bond donors (Lipinski definition) is 1. The number of nitrogens with zero attached hydrogens (tertiary/aromatic N) is 2. The van der Waals surface area contributed by atoms with Gasteiger partial charge < -0.3 is 10.2 Å². The largest absolute Gasteiger partial charge is 0.352 e. The molecule has 10 heteroatoms. The predicted octanol–water partition coefficient (Wildman–Crippen LogP) is 3.70. The number of carbonyl (C=O) groups is 2. The Bertz CT molecular complexity index is 1060. The van der Waals surface area contributed by atoms with Crippen molar-refractivity contribution in [3.63, 3.8) is 0 Å². The smallest absolute Gasteiger partial charge is 0.244 e. The van der Waals surface area contributed by atoms with Crippen LogP contribution in [0.15, 0.2) is 48.5 Å². The van der Waals surface area contributed by atoms with Gasteiger partial charge in [0.15, 0.2) is 0 Å². The van der Waals surface area contributed by atoms with E-state index < -0.39 is 28.5 Å². The Morgan fingerprint density at radius 2 is 1.59 bits per heavy atom. The van der Waals surface area contributed by atoms with Crippen molar-refractivity contribution in [2.45, 2.75) is 39.4 Å². The summed E-state index contributed by atoms with van der Waals surface area (Å²) in [6, 6.07) is 12.3. The first-order valence-electron chi connectivity index (χ1n) is 9.96. The topological polar surface area (TPSA) is 86.8 Å². The van der Waals surface area contributed by atoms with Gasteiger partial charge in [0.25, 0.3) is 0 Å². The number of hydrogen-bond acceptors (Lipinski definition) is 4. The van der Waals surface area contributed by atoms with Crippen LogP contribution in [0.4, 0.5) is 5.69 Å². The number of rotatable bonds is 9. The van der Waals surface area contributed by atoms with Crippen molar-refractivity contribution in [2.75, 3.05) is 17.1 Å². The molecular formula is C22H27Cl2N3O4S. The van der Waals surface area contributed by atoms with Crippen LogP contribution in [-0.4, -0.2) is 50.0 Å². The average molecular weight is 500 g/mol. The first-order chi connectivity index (χ1) is 14.9. The van der Waals surface area contributed by atoms with E-state index in [1.807, 2.05) is 13.8 Å². The molecule has 0 aromatic heterocycles. The second kappa shape index (κ2) is 11.0. The summed E-state index contributed by atoms with van der Waals surface area (Å²) in [6.07, 6.45) is 1.00. The van der Waals surface area contributed by atoms with Crippen LogP contribution in [0.1, 0.15) is 26.3 Å². The molecule has 0 saturated carbocycles. The lowest BCUT2D eigenvalue weighted by atomic mass is 10.1.